The fraction of sp³-hybridized carbons (Fsp3) is 0.389. The average Bonchev–Trinajstić information content (AvgIpc) is 2.54. The predicted molar refractivity (Wildman–Crippen MR) is 98.7 cm³/mol. The van der Waals surface area contributed by atoms with Crippen molar-refractivity contribution >= 4 is 11.8 Å². The van der Waals surface area contributed by atoms with Crippen molar-refractivity contribution < 1.29 is 24.1 Å². The summed E-state index contributed by atoms with van der Waals surface area (Å²) in [5.74, 6) is -1.38. The van der Waals surface area contributed by atoms with E-state index in [0.717, 1.165) is 0 Å². The topological polar surface area (TPSA) is 134 Å². The van der Waals surface area contributed by atoms with Crippen LogP contribution in [0, 0.1) is 20.2 Å². The Hall–Kier alpha value is -3.43. The van der Waals surface area contributed by atoms with Crippen LogP contribution < -0.4 is 5.32 Å². The fourth-order valence-electron chi connectivity index (χ4n) is 2.89. The lowest BCUT2D eigenvalue weighted by Gasteiger charge is -2.27. The summed E-state index contributed by atoms with van der Waals surface area (Å²) in [5, 5.41) is 26.0. The molecular weight excluding hydrogens is 370 g/mol. The number of benzene rings is 1. The summed E-state index contributed by atoms with van der Waals surface area (Å²) in [5.41, 5.74) is -0.963. The van der Waals surface area contributed by atoms with Crippen LogP contribution in [0.2, 0.25) is 0 Å². The number of nitro groups is 2. The maximum atomic E-state index is 12.2. The molecule has 0 saturated heterocycles. The Morgan fingerprint density at radius 1 is 1.07 bits per heavy atom. The van der Waals surface area contributed by atoms with Crippen LogP contribution in [0.4, 0.5) is 10.5 Å². The number of nitrogens with one attached hydrogen (secondary N) is 1. The van der Waals surface area contributed by atoms with Crippen molar-refractivity contribution in [2.75, 3.05) is 0 Å². The molecular formula is C18H21N3O7. The fourth-order valence-corrected chi connectivity index (χ4v) is 2.89. The molecule has 1 aromatic carbocycles. The van der Waals surface area contributed by atoms with Gasteiger partial charge in [-0.05, 0) is 34.6 Å². The lowest BCUT2D eigenvalue weighted by molar-refractivity contribution is -0.432. The van der Waals surface area contributed by atoms with Gasteiger partial charge in [0.2, 0.25) is 0 Å². The number of nitro benzene ring substituents is 1. The highest BCUT2D eigenvalue weighted by Gasteiger charge is 2.43. The minimum atomic E-state index is -1.26. The summed E-state index contributed by atoms with van der Waals surface area (Å²) >= 11 is 0. The van der Waals surface area contributed by atoms with Gasteiger partial charge in [-0.2, -0.15) is 0 Å². The molecule has 1 atom stereocenters. The van der Waals surface area contributed by atoms with Gasteiger partial charge in [0.25, 0.3) is 11.4 Å². The minimum absolute atomic E-state index is 0.0398. The molecule has 1 N–H and O–H groups in total. The molecule has 0 aliphatic carbocycles. The van der Waals surface area contributed by atoms with Gasteiger partial charge in [0.05, 0.1) is 26.8 Å². The van der Waals surface area contributed by atoms with Crippen LogP contribution in [-0.4, -0.2) is 21.6 Å². The van der Waals surface area contributed by atoms with Crippen molar-refractivity contribution in [3.63, 3.8) is 0 Å². The lowest BCUT2D eigenvalue weighted by Crippen LogP contribution is -2.31. The third-order valence-electron chi connectivity index (χ3n) is 3.89. The zero-order valence-corrected chi connectivity index (χ0v) is 16.1. The van der Waals surface area contributed by atoms with E-state index < -0.39 is 27.5 Å². The summed E-state index contributed by atoms with van der Waals surface area (Å²) in [4.78, 5) is 34.1. The van der Waals surface area contributed by atoms with Crippen molar-refractivity contribution in [1.82, 2.24) is 5.32 Å². The lowest BCUT2D eigenvalue weighted by atomic mass is 9.88. The number of para-hydroxylation sites is 1. The average molecular weight is 391 g/mol. The number of carbonyl (C=O) groups is 1. The third-order valence-corrected chi connectivity index (χ3v) is 3.89. The molecule has 0 fully saturated rings. The van der Waals surface area contributed by atoms with E-state index in [4.69, 9.17) is 9.47 Å². The van der Waals surface area contributed by atoms with Gasteiger partial charge in [-0.15, -0.1) is 0 Å². The van der Waals surface area contributed by atoms with E-state index in [9.17, 15) is 25.0 Å². The van der Waals surface area contributed by atoms with Gasteiger partial charge < -0.3 is 14.8 Å². The van der Waals surface area contributed by atoms with Gasteiger partial charge >= 0.3 is 6.16 Å². The molecule has 2 rings (SSSR count). The van der Waals surface area contributed by atoms with Crippen LogP contribution >= 0.6 is 0 Å². The molecule has 0 radical (unpaired) electrons. The monoisotopic (exact) mass is 391 g/mol. The molecule has 1 aromatic rings. The maximum Gasteiger partial charge on any atom is 0.514 e. The molecule has 0 amide bonds. The van der Waals surface area contributed by atoms with Gasteiger partial charge in [0.1, 0.15) is 17.3 Å². The summed E-state index contributed by atoms with van der Waals surface area (Å²) in [6.45, 7) is 7.96. The molecule has 10 heteroatoms. The van der Waals surface area contributed by atoms with Crippen LogP contribution in [-0.2, 0) is 9.47 Å². The number of nitrogens with zero attached hydrogens (tertiary/aromatic N) is 2. The van der Waals surface area contributed by atoms with Crippen molar-refractivity contribution in [3.8, 4) is 0 Å². The first-order valence-electron chi connectivity index (χ1n) is 8.39. The van der Waals surface area contributed by atoms with Crippen molar-refractivity contribution in [2.45, 2.75) is 46.1 Å². The number of ether oxygens (including phenoxy) is 2. The first-order chi connectivity index (χ1) is 12.9. The summed E-state index contributed by atoms with van der Waals surface area (Å²) in [6, 6.07) is 5.62. The standard InChI is InChI=1S/C18H21N3O7/c1-10-15(21(25)26)14(12-8-6-7-9-13(12)20(23)24)16(11(2)19-10)27-17(22)28-18(3,4)5/h6-9,14,19H,1-5H3. The second-order valence-corrected chi connectivity index (χ2v) is 7.20. The van der Waals surface area contributed by atoms with E-state index in [0.29, 0.717) is 5.70 Å². The smallest absolute Gasteiger partial charge is 0.428 e. The van der Waals surface area contributed by atoms with E-state index >= 15 is 0 Å². The Kier molecular flexibility index (Phi) is 5.72. The van der Waals surface area contributed by atoms with Crippen LogP contribution in [0.25, 0.3) is 0 Å². The van der Waals surface area contributed by atoms with Gasteiger partial charge in [0, 0.05) is 6.07 Å². The Labute approximate surface area is 161 Å². The molecule has 1 heterocycles. The second-order valence-electron chi connectivity index (χ2n) is 7.20. The Balaban J connectivity index is 2.62. The molecule has 1 aliphatic rings. The van der Waals surface area contributed by atoms with Crippen LogP contribution in [0.5, 0.6) is 0 Å². The first kappa shape index (κ1) is 20.9. The van der Waals surface area contributed by atoms with Crippen molar-refractivity contribution in [2.24, 2.45) is 0 Å². The van der Waals surface area contributed by atoms with Gasteiger partial charge in [-0.1, -0.05) is 18.2 Å². The van der Waals surface area contributed by atoms with Crippen molar-refractivity contribution in [1.29, 1.82) is 0 Å². The molecule has 10 nitrogen and oxygen atoms in total. The van der Waals surface area contributed by atoms with E-state index in [1.807, 2.05) is 0 Å². The minimum Gasteiger partial charge on any atom is -0.428 e. The number of hydrogen-bond donors (Lipinski definition) is 1. The summed E-state index contributed by atoms with van der Waals surface area (Å²) in [7, 11) is 0. The number of rotatable bonds is 4. The highest BCUT2D eigenvalue weighted by molar-refractivity contribution is 5.64. The number of hydrogen-bond acceptors (Lipinski definition) is 8. The summed E-state index contributed by atoms with van der Waals surface area (Å²) < 4.78 is 10.4. The van der Waals surface area contributed by atoms with Gasteiger partial charge in [-0.25, -0.2) is 4.79 Å². The maximum absolute atomic E-state index is 12.2. The van der Waals surface area contributed by atoms with E-state index in [1.165, 1.54) is 31.2 Å². The quantitative estimate of drug-likeness (QED) is 0.463. The predicted octanol–water partition coefficient (Wildman–Crippen LogP) is 3.97. The second kappa shape index (κ2) is 7.67. The zero-order chi connectivity index (χ0) is 21.2. The molecule has 0 bridgehead atoms. The SMILES string of the molecule is CC1=C(OC(=O)OC(C)(C)C)C(c2ccccc2[N+](=O)[O-])C([N+](=O)[O-])=C(C)N1. The molecule has 0 spiro atoms. The molecule has 1 aliphatic heterocycles. The number of carbonyl (C=O) groups excluding carboxylic acids is 1. The molecule has 1 unspecified atom stereocenters. The molecule has 0 aromatic heterocycles. The van der Waals surface area contributed by atoms with E-state index in [1.54, 1.807) is 27.7 Å². The molecule has 0 saturated carbocycles. The van der Waals surface area contributed by atoms with Crippen molar-refractivity contribution in [3.05, 3.63) is 72.9 Å². The zero-order valence-electron chi connectivity index (χ0n) is 16.1. The van der Waals surface area contributed by atoms with Gasteiger partial charge in [-0.3, -0.25) is 20.2 Å². The highest BCUT2D eigenvalue weighted by Crippen LogP contribution is 2.42. The normalized spacial score (nSPS) is 17.1. The van der Waals surface area contributed by atoms with Crippen LogP contribution in [0.15, 0.2) is 47.1 Å². The molecule has 150 valence electrons. The molecule has 28 heavy (non-hydrogen) atoms. The largest absolute Gasteiger partial charge is 0.514 e. The van der Waals surface area contributed by atoms with Gasteiger partial charge in [0.15, 0.2) is 0 Å². The van der Waals surface area contributed by atoms with Crippen LogP contribution in [0.1, 0.15) is 46.1 Å². The first-order valence-corrected chi connectivity index (χ1v) is 8.39. The Bertz CT molecular complexity index is 897. The Morgan fingerprint density at radius 3 is 2.21 bits per heavy atom. The van der Waals surface area contributed by atoms with E-state index in [2.05, 4.69) is 5.32 Å². The van der Waals surface area contributed by atoms with E-state index in [-0.39, 0.29) is 28.4 Å². The van der Waals surface area contributed by atoms with Crippen LogP contribution in [0.3, 0.4) is 0 Å². The highest BCUT2D eigenvalue weighted by atomic mass is 16.7. The summed E-state index contributed by atoms with van der Waals surface area (Å²) in [6.07, 6.45) is -1.06. The number of dihydropyridines is 1. The number of allylic oxidation sites excluding steroid dienone is 2. The Morgan fingerprint density at radius 2 is 1.68 bits per heavy atom. The third kappa shape index (κ3) is 4.45.